The van der Waals surface area contributed by atoms with Gasteiger partial charge in [-0.1, -0.05) is 50.1 Å². The van der Waals surface area contributed by atoms with E-state index < -0.39 is 0 Å². The molecule has 1 amide bonds. The summed E-state index contributed by atoms with van der Waals surface area (Å²) in [6.07, 6.45) is 7.66. The van der Waals surface area contributed by atoms with Gasteiger partial charge in [-0.2, -0.15) is 0 Å². The first kappa shape index (κ1) is 17.8. The fourth-order valence-electron chi connectivity index (χ4n) is 3.78. The first-order valence-corrected chi connectivity index (χ1v) is 9.67. The summed E-state index contributed by atoms with van der Waals surface area (Å²) in [7, 11) is 0. The van der Waals surface area contributed by atoms with Crippen molar-refractivity contribution < 1.29 is 4.79 Å². The normalized spacial score (nSPS) is 16.1. The first-order chi connectivity index (χ1) is 12.2. The van der Waals surface area contributed by atoms with Crippen molar-refractivity contribution in [3.05, 3.63) is 59.9 Å². The predicted molar refractivity (Wildman–Crippen MR) is 102 cm³/mol. The van der Waals surface area contributed by atoms with Gasteiger partial charge in [0.1, 0.15) is 0 Å². The molecule has 1 heterocycles. The Labute approximate surface area is 151 Å². The van der Waals surface area contributed by atoms with Crippen molar-refractivity contribution >= 4 is 5.91 Å². The van der Waals surface area contributed by atoms with Gasteiger partial charge in [0.15, 0.2) is 0 Å². The van der Waals surface area contributed by atoms with Crippen LogP contribution in [0.3, 0.4) is 0 Å². The molecular formula is C22H30N2O. The van der Waals surface area contributed by atoms with Crippen molar-refractivity contribution in [1.29, 1.82) is 0 Å². The lowest BCUT2D eigenvalue weighted by molar-refractivity contribution is -0.138. The third-order valence-corrected chi connectivity index (χ3v) is 5.56. The summed E-state index contributed by atoms with van der Waals surface area (Å²) in [5.74, 6) is 0.603. The van der Waals surface area contributed by atoms with Gasteiger partial charge in [-0.15, -0.1) is 0 Å². The van der Waals surface area contributed by atoms with E-state index in [-0.39, 0.29) is 12.0 Å². The second kappa shape index (κ2) is 8.37. The van der Waals surface area contributed by atoms with Gasteiger partial charge in [-0.05, 0) is 43.9 Å². The van der Waals surface area contributed by atoms with Crippen LogP contribution in [-0.2, 0) is 17.9 Å². The third-order valence-electron chi connectivity index (χ3n) is 5.56. The van der Waals surface area contributed by atoms with Crippen LogP contribution in [-0.4, -0.2) is 21.4 Å². The number of benzene rings is 1. The number of nitrogens with zero attached hydrogens (tertiary/aromatic N) is 2. The lowest BCUT2D eigenvalue weighted by Gasteiger charge is -2.31. The molecule has 3 nitrogen and oxygen atoms in total. The summed E-state index contributed by atoms with van der Waals surface area (Å²) in [5, 5.41) is 0. The molecule has 3 heteroatoms. The Hall–Kier alpha value is -2.03. The average molecular weight is 338 g/mol. The maximum atomic E-state index is 13.1. The van der Waals surface area contributed by atoms with Crippen LogP contribution in [0.25, 0.3) is 0 Å². The van der Waals surface area contributed by atoms with Crippen LogP contribution in [0.1, 0.15) is 57.2 Å². The van der Waals surface area contributed by atoms with Gasteiger partial charge >= 0.3 is 0 Å². The topological polar surface area (TPSA) is 25.2 Å². The number of hydrogen-bond acceptors (Lipinski definition) is 1. The van der Waals surface area contributed by atoms with Crippen LogP contribution in [0, 0.1) is 5.92 Å². The van der Waals surface area contributed by atoms with Gasteiger partial charge in [0, 0.05) is 30.4 Å². The van der Waals surface area contributed by atoms with Gasteiger partial charge in [-0.25, -0.2) is 0 Å². The van der Waals surface area contributed by atoms with E-state index in [0.717, 1.165) is 25.8 Å². The molecule has 0 bridgehead atoms. The fraction of sp³-hybridized carbons (Fsp3) is 0.500. The second-order valence-corrected chi connectivity index (χ2v) is 7.32. The minimum atomic E-state index is 0.242. The standard InChI is InChI=1S/C22H30N2O/c1-3-18(2)24(22(25)20-12-7-8-13-20)17-21-14-9-15-23(21)16-19-10-5-4-6-11-19/h4-6,9-11,14-15,18,20H,3,7-8,12-13,16-17H2,1-2H3/t18-/m0/s1. The van der Waals surface area contributed by atoms with Gasteiger partial charge in [0.25, 0.3) is 0 Å². The van der Waals surface area contributed by atoms with E-state index in [4.69, 9.17) is 0 Å². The van der Waals surface area contributed by atoms with Crippen LogP contribution in [0.5, 0.6) is 0 Å². The molecule has 1 fully saturated rings. The molecule has 1 aromatic heterocycles. The van der Waals surface area contributed by atoms with Crippen LogP contribution in [0.4, 0.5) is 0 Å². The molecule has 0 aliphatic heterocycles. The van der Waals surface area contributed by atoms with Crippen molar-refractivity contribution in [1.82, 2.24) is 9.47 Å². The quantitative estimate of drug-likeness (QED) is 0.708. The van der Waals surface area contributed by atoms with E-state index in [0.29, 0.717) is 12.5 Å². The summed E-state index contributed by atoms with van der Waals surface area (Å²) in [6, 6.07) is 15.0. The maximum Gasteiger partial charge on any atom is 0.226 e. The van der Waals surface area contributed by atoms with E-state index in [1.807, 2.05) is 6.07 Å². The Morgan fingerprint density at radius 2 is 1.88 bits per heavy atom. The molecule has 3 rings (SSSR count). The van der Waals surface area contributed by atoms with E-state index in [1.165, 1.54) is 24.1 Å². The van der Waals surface area contributed by atoms with Gasteiger partial charge in [0.05, 0.1) is 6.54 Å². The van der Waals surface area contributed by atoms with Gasteiger partial charge in [0.2, 0.25) is 5.91 Å². The fourth-order valence-corrected chi connectivity index (χ4v) is 3.78. The van der Waals surface area contributed by atoms with Crippen LogP contribution in [0.2, 0.25) is 0 Å². The van der Waals surface area contributed by atoms with E-state index in [9.17, 15) is 4.79 Å². The van der Waals surface area contributed by atoms with Gasteiger partial charge in [-0.3, -0.25) is 4.79 Å². The molecule has 0 unspecified atom stereocenters. The molecule has 1 aliphatic rings. The monoisotopic (exact) mass is 338 g/mol. The molecule has 0 saturated heterocycles. The highest BCUT2D eigenvalue weighted by atomic mass is 16.2. The lowest BCUT2D eigenvalue weighted by atomic mass is 10.0. The molecule has 1 aliphatic carbocycles. The number of carbonyl (C=O) groups is 1. The minimum absolute atomic E-state index is 0.242. The Balaban J connectivity index is 1.75. The Morgan fingerprint density at radius 3 is 2.56 bits per heavy atom. The summed E-state index contributed by atoms with van der Waals surface area (Å²) < 4.78 is 2.27. The highest BCUT2D eigenvalue weighted by molar-refractivity contribution is 5.79. The van der Waals surface area contributed by atoms with Crippen molar-refractivity contribution in [2.75, 3.05) is 0 Å². The van der Waals surface area contributed by atoms with Crippen molar-refractivity contribution in [3.8, 4) is 0 Å². The molecule has 1 atom stereocenters. The number of aromatic nitrogens is 1. The minimum Gasteiger partial charge on any atom is -0.345 e. The first-order valence-electron chi connectivity index (χ1n) is 9.67. The number of carbonyl (C=O) groups excluding carboxylic acids is 1. The van der Waals surface area contributed by atoms with Crippen molar-refractivity contribution in [2.45, 2.75) is 65.1 Å². The van der Waals surface area contributed by atoms with Crippen LogP contribution < -0.4 is 0 Å². The zero-order valence-electron chi connectivity index (χ0n) is 15.5. The van der Waals surface area contributed by atoms with Crippen molar-refractivity contribution in [2.24, 2.45) is 5.92 Å². The zero-order valence-corrected chi connectivity index (χ0v) is 15.5. The highest BCUT2D eigenvalue weighted by Crippen LogP contribution is 2.28. The molecule has 0 spiro atoms. The summed E-state index contributed by atoms with van der Waals surface area (Å²) in [5.41, 5.74) is 2.51. The Kier molecular flexibility index (Phi) is 5.95. The molecule has 2 aromatic rings. The Morgan fingerprint density at radius 1 is 1.16 bits per heavy atom. The van der Waals surface area contributed by atoms with Crippen LogP contribution in [0.15, 0.2) is 48.7 Å². The highest BCUT2D eigenvalue weighted by Gasteiger charge is 2.29. The molecule has 1 saturated carbocycles. The summed E-state index contributed by atoms with van der Waals surface area (Å²) >= 11 is 0. The number of amides is 1. The van der Waals surface area contributed by atoms with Crippen LogP contribution >= 0.6 is 0 Å². The number of rotatable bonds is 7. The maximum absolute atomic E-state index is 13.1. The zero-order chi connectivity index (χ0) is 17.6. The molecule has 134 valence electrons. The Bertz CT molecular complexity index is 670. The molecule has 1 aromatic carbocycles. The average Bonchev–Trinajstić information content (AvgIpc) is 3.31. The lowest BCUT2D eigenvalue weighted by Crippen LogP contribution is -2.41. The summed E-state index contributed by atoms with van der Waals surface area (Å²) in [4.78, 5) is 15.2. The van der Waals surface area contributed by atoms with E-state index in [1.54, 1.807) is 0 Å². The summed E-state index contributed by atoms with van der Waals surface area (Å²) in [6.45, 7) is 5.92. The molecule has 0 N–H and O–H groups in total. The molecule has 25 heavy (non-hydrogen) atoms. The SMILES string of the molecule is CC[C@H](C)N(Cc1cccn1Cc1ccccc1)C(=O)C1CCCC1. The molecular weight excluding hydrogens is 308 g/mol. The smallest absolute Gasteiger partial charge is 0.226 e. The second-order valence-electron chi connectivity index (χ2n) is 7.32. The third kappa shape index (κ3) is 4.33. The van der Waals surface area contributed by atoms with E-state index in [2.05, 4.69) is 65.9 Å². The number of hydrogen-bond donors (Lipinski definition) is 0. The molecule has 0 radical (unpaired) electrons. The predicted octanol–water partition coefficient (Wildman–Crippen LogP) is 4.85. The van der Waals surface area contributed by atoms with Crippen molar-refractivity contribution in [3.63, 3.8) is 0 Å². The van der Waals surface area contributed by atoms with Gasteiger partial charge < -0.3 is 9.47 Å². The van der Waals surface area contributed by atoms with E-state index >= 15 is 0 Å². The largest absolute Gasteiger partial charge is 0.345 e.